The van der Waals surface area contributed by atoms with Crippen LogP contribution in [0.25, 0.3) is 0 Å². The topological polar surface area (TPSA) is 81.5 Å². The summed E-state index contributed by atoms with van der Waals surface area (Å²) < 4.78 is 5.12. The van der Waals surface area contributed by atoms with Crippen molar-refractivity contribution in [1.29, 1.82) is 0 Å². The molecule has 1 amide bonds. The molecule has 6 nitrogen and oxygen atoms in total. The van der Waals surface area contributed by atoms with E-state index in [0.29, 0.717) is 6.42 Å². The first-order valence-corrected chi connectivity index (χ1v) is 7.24. The number of non-ortho nitro benzene ring substituents is 1. The smallest absolute Gasteiger partial charge is 0.270 e. The summed E-state index contributed by atoms with van der Waals surface area (Å²) in [4.78, 5) is 22.6. The van der Waals surface area contributed by atoms with E-state index in [-0.39, 0.29) is 23.2 Å². The average molecular weight is 314 g/mol. The second-order valence-corrected chi connectivity index (χ2v) is 5.01. The largest absolute Gasteiger partial charge is 0.497 e. The number of benzene rings is 2. The number of carbonyl (C=O) groups excluding carboxylic acids is 1. The molecule has 2 rings (SSSR count). The fraction of sp³-hybridized carbons (Fsp3) is 0.235. The predicted octanol–water partition coefficient (Wildman–Crippen LogP) is 3.48. The second kappa shape index (κ2) is 7.40. The predicted molar refractivity (Wildman–Crippen MR) is 86.6 cm³/mol. The van der Waals surface area contributed by atoms with Crippen molar-refractivity contribution in [1.82, 2.24) is 5.32 Å². The fourth-order valence-electron chi connectivity index (χ4n) is 2.26. The minimum absolute atomic E-state index is 0.102. The molecule has 0 aromatic heterocycles. The highest BCUT2D eigenvalue weighted by atomic mass is 16.6. The van der Waals surface area contributed by atoms with Crippen molar-refractivity contribution in [2.45, 2.75) is 19.4 Å². The number of amides is 1. The van der Waals surface area contributed by atoms with Gasteiger partial charge in [-0.1, -0.05) is 25.1 Å². The minimum atomic E-state index is -0.516. The van der Waals surface area contributed by atoms with E-state index in [4.69, 9.17) is 4.74 Å². The highest BCUT2D eigenvalue weighted by Crippen LogP contribution is 2.21. The van der Waals surface area contributed by atoms with Crippen LogP contribution in [0.1, 0.15) is 35.3 Å². The number of nitro groups is 1. The highest BCUT2D eigenvalue weighted by Gasteiger charge is 2.16. The summed E-state index contributed by atoms with van der Waals surface area (Å²) in [5, 5.41) is 13.7. The Labute approximate surface area is 134 Å². The van der Waals surface area contributed by atoms with E-state index in [2.05, 4.69) is 5.32 Å². The number of ether oxygens (including phenoxy) is 1. The molecule has 0 radical (unpaired) electrons. The molecule has 0 aliphatic carbocycles. The number of nitrogens with one attached hydrogen (secondary N) is 1. The van der Waals surface area contributed by atoms with Crippen molar-refractivity contribution in [2.75, 3.05) is 7.11 Å². The highest BCUT2D eigenvalue weighted by molar-refractivity contribution is 5.95. The van der Waals surface area contributed by atoms with Crippen LogP contribution in [0.15, 0.2) is 48.5 Å². The summed E-state index contributed by atoms with van der Waals surface area (Å²) in [6.07, 6.45) is 0.701. The van der Waals surface area contributed by atoms with Crippen LogP contribution in [-0.4, -0.2) is 17.9 Å². The van der Waals surface area contributed by atoms with Gasteiger partial charge in [-0.25, -0.2) is 0 Å². The van der Waals surface area contributed by atoms with E-state index < -0.39 is 4.92 Å². The third-order valence-electron chi connectivity index (χ3n) is 3.55. The van der Waals surface area contributed by atoms with Crippen LogP contribution in [0.4, 0.5) is 5.69 Å². The van der Waals surface area contributed by atoms with Crippen molar-refractivity contribution in [3.05, 3.63) is 69.8 Å². The molecule has 0 aliphatic heterocycles. The summed E-state index contributed by atoms with van der Waals surface area (Å²) in [6.45, 7) is 1.96. The van der Waals surface area contributed by atoms with Crippen molar-refractivity contribution >= 4 is 11.6 Å². The van der Waals surface area contributed by atoms with Crippen LogP contribution < -0.4 is 10.1 Å². The van der Waals surface area contributed by atoms with Gasteiger partial charge in [-0.05, 0) is 30.2 Å². The van der Waals surface area contributed by atoms with Gasteiger partial charge in [0.1, 0.15) is 5.75 Å². The Bertz CT molecular complexity index is 698. The van der Waals surface area contributed by atoms with Crippen LogP contribution in [0.3, 0.4) is 0 Å². The van der Waals surface area contributed by atoms with Gasteiger partial charge in [-0.3, -0.25) is 14.9 Å². The molecule has 0 aliphatic rings. The molecule has 1 N–H and O–H groups in total. The SMILES string of the molecule is CC[C@H](NC(=O)c1cccc([N+](=O)[O-])c1)c1ccc(OC)cc1. The minimum Gasteiger partial charge on any atom is -0.497 e. The molecule has 0 fully saturated rings. The zero-order chi connectivity index (χ0) is 16.8. The van der Waals surface area contributed by atoms with Gasteiger partial charge in [0.25, 0.3) is 11.6 Å². The summed E-state index contributed by atoms with van der Waals surface area (Å²) in [7, 11) is 1.59. The molecule has 0 spiro atoms. The van der Waals surface area contributed by atoms with Gasteiger partial charge in [0.05, 0.1) is 18.1 Å². The van der Waals surface area contributed by atoms with Gasteiger partial charge in [0.15, 0.2) is 0 Å². The van der Waals surface area contributed by atoms with E-state index in [9.17, 15) is 14.9 Å². The van der Waals surface area contributed by atoms with Gasteiger partial charge < -0.3 is 10.1 Å². The molecular formula is C17H18N2O4. The van der Waals surface area contributed by atoms with Gasteiger partial charge in [0, 0.05) is 17.7 Å². The van der Waals surface area contributed by atoms with Gasteiger partial charge >= 0.3 is 0 Å². The van der Waals surface area contributed by atoms with E-state index in [1.807, 2.05) is 31.2 Å². The maximum Gasteiger partial charge on any atom is 0.270 e. The van der Waals surface area contributed by atoms with E-state index in [1.54, 1.807) is 13.2 Å². The third-order valence-corrected chi connectivity index (χ3v) is 3.55. The first-order chi connectivity index (χ1) is 11.0. The molecule has 0 heterocycles. The third kappa shape index (κ3) is 4.06. The monoisotopic (exact) mass is 314 g/mol. The van der Waals surface area contributed by atoms with Crippen molar-refractivity contribution < 1.29 is 14.5 Å². The number of carbonyl (C=O) groups is 1. The van der Waals surface area contributed by atoms with Crippen molar-refractivity contribution in [2.24, 2.45) is 0 Å². The Morgan fingerprint density at radius 2 is 1.96 bits per heavy atom. The zero-order valence-electron chi connectivity index (χ0n) is 13.0. The van der Waals surface area contributed by atoms with Crippen molar-refractivity contribution in [3.63, 3.8) is 0 Å². The molecule has 6 heteroatoms. The van der Waals surface area contributed by atoms with Crippen molar-refractivity contribution in [3.8, 4) is 5.75 Å². The average Bonchev–Trinajstić information content (AvgIpc) is 2.59. The first-order valence-electron chi connectivity index (χ1n) is 7.24. The molecule has 0 saturated carbocycles. The van der Waals surface area contributed by atoms with Gasteiger partial charge in [-0.15, -0.1) is 0 Å². The lowest BCUT2D eigenvalue weighted by Crippen LogP contribution is -2.28. The second-order valence-electron chi connectivity index (χ2n) is 5.01. The Morgan fingerprint density at radius 3 is 2.52 bits per heavy atom. The van der Waals surface area contributed by atoms with Gasteiger partial charge in [0.2, 0.25) is 0 Å². The summed E-state index contributed by atoms with van der Waals surface area (Å²) in [5.74, 6) is 0.407. The molecule has 0 bridgehead atoms. The Morgan fingerprint density at radius 1 is 1.26 bits per heavy atom. The molecule has 0 unspecified atom stereocenters. The number of rotatable bonds is 6. The Hall–Kier alpha value is -2.89. The zero-order valence-corrected chi connectivity index (χ0v) is 13.0. The number of methoxy groups -OCH3 is 1. The molecule has 120 valence electrons. The molecule has 23 heavy (non-hydrogen) atoms. The van der Waals surface area contributed by atoms with Crippen LogP contribution in [0.5, 0.6) is 5.75 Å². The Kier molecular flexibility index (Phi) is 5.30. The fourth-order valence-corrected chi connectivity index (χ4v) is 2.26. The Balaban J connectivity index is 2.15. The molecule has 0 saturated heterocycles. The number of hydrogen-bond donors (Lipinski definition) is 1. The van der Waals surface area contributed by atoms with Gasteiger partial charge in [-0.2, -0.15) is 0 Å². The molecular weight excluding hydrogens is 296 g/mol. The van der Waals surface area contributed by atoms with Crippen LogP contribution in [-0.2, 0) is 0 Å². The molecule has 1 atom stereocenters. The number of hydrogen-bond acceptors (Lipinski definition) is 4. The maximum atomic E-state index is 12.3. The lowest BCUT2D eigenvalue weighted by atomic mass is 10.0. The van der Waals surface area contributed by atoms with E-state index >= 15 is 0 Å². The lowest BCUT2D eigenvalue weighted by molar-refractivity contribution is -0.384. The number of nitro benzene ring substituents is 1. The van der Waals surface area contributed by atoms with E-state index in [0.717, 1.165) is 11.3 Å². The molecule has 2 aromatic carbocycles. The summed E-state index contributed by atoms with van der Waals surface area (Å²) in [5.41, 5.74) is 1.12. The summed E-state index contributed by atoms with van der Waals surface area (Å²) >= 11 is 0. The van der Waals surface area contributed by atoms with Crippen LogP contribution in [0, 0.1) is 10.1 Å². The molecule has 2 aromatic rings. The quantitative estimate of drug-likeness (QED) is 0.653. The standard InChI is InChI=1S/C17H18N2O4/c1-3-16(12-7-9-15(23-2)10-8-12)18-17(20)13-5-4-6-14(11-13)19(21)22/h4-11,16H,3H2,1-2H3,(H,18,20)/t16-/m0/s1. The normalized spacial score (nSPS) is 11.6. The van der Waals surface area contributed by atoms with Crippen LogP contribution in [0.2, 0.25) is 0 Å². The first kappa shape index (κ1) is 16.5. The van der Waals surface area contributed by atoms with E-state index in [1.165, 1.54) is 18.2 Å². The van der Waals surface area contributed by atoms with Crippen LogP contribution >= 0.6 is 0 Å². The lowest BCUT2D eigenvalue weighted by Gasteiger charge is -2.18. The maximum absolute atomic E-state index is 12.3. The summed E-state index contributed by atoms with van der Waals surface area (Å²) in [6, 6.07) is 13.0. The number of nitrogens with zero attached hydrogens (tertiary/aromatic N) is 1.